The van der Waals surface area contributed by atoms with Crippen molar-refractivity contribution in [3.05, 3.63) is 13.8 Å². The normalized spacial score (nSPS) is 47.7. The number of rotatable bonds is 0. The standard InChI is InChI=1S/2C10H17.Zn/c2*1-7-4-5-8-6-9(7)10(8,2)3;/h2*7-9H,1,4-6H2,2-3H3;/q2*-1;+2/t2*7-,8+,9+;/m11./s1. The molecule has 6 atom stereocenters. The first kappa shape index (κ1) is 18.0. The van der Waals surface area contributed by atoms with Gasteiger partial charge in [-0.15, -0.1) is 0 Å². The molecule has 0 spiro atoms. The predicted octanol–water partition coefficient (Wildman–Crippen LogP) is 5.78. The van der Waals surface area contributed by atoms with E-state index < -0.39 is 0 Å². The Balaban J connectivity index is 0.000000147. The Hall–Kier alpha value is 0.623. The van der Waals surface area contributed by atoms with Gasteiger partial charge in [0, 0.05) is 0 Å². The summed E-state index contributed by atoms with van der Waals surface area (Å²) >= 11 is 0. The molecule has 0 N–H and O–H groups in total. The zero-order chi connectivity index (χ0) is 14.7. The van der Waals surface area contributed by atoms with E-state index in [-0.39, 0.29) is 19.5 Å². The third-order valence-corrected chi connectivity index (χ3v) is 8.00. The second-order valence-electron chi connectivity index (χ2n) is 9.40. The first-order valence-corrected chi connectivity index (χ1v) is 8.90. The van der Waals surface area contributed by atoms with Crippen LogP contribution in [0.1, 0.15) is 66.2 Å². The summed E-state index contributed by atoms with van der Waals surface area (Å²) in [7, 11) is 0. The van der Waals surface area contributed by atoms with Gasteiger partial charge in [-0.1, -0.05) is 65.2 Å². The van der Waals surface area contributed by atoms with Crippen LogP contribution in [0.5, 0.6) is 0 Å². The van der Waals surface area contributed by atoms with Crippen LogP contribution in [0.4, 0.5) is 0 Å². The largest absolute Gasteiger partial charge is 2.00 e. The molecule has 0 unspecified atom stereocenters. The minimum absolute atomic E-state index is 0. The van der Waals surface area contributed by atoms with Crippen molar-refractivity contribution < 1.29 is 19.5 Å². The fourth-order valence-corrected chi connectivity index (χ4v) is 5.93. The summed E-state index contributed by atoms with van der Waals surface area (Å²) in [6, 6.07) is 0. The predicted molar refractivity (Wildman–Crippen MR) is 86.9 cm³/mol. The van der Waals surface area contributed by atoms with Gasteiger partial charge < -0.3 is 13.8 Å². The molecule has 6 saturated carbocycles. The SMILES string of the molecule is [CH2-][C@@H]1CC[C@H]2C[C@@H]1C2(C)C.[CH2-][C@@H]1CC[C@H]2C[C@@H]1C2(C)C.[Zn+2]. The van der Waals surface area contributed by atoms with Gasteiger partial charge in [0.2, 0.25) is 0 Å². The molecular formula is C20H34Zn. The summed E-state index contributed by atoms with van der Waals surface area (Å²) in [5.41, 5.74) is 1.29. The Morgan fingerprint density at radius 1 is 0.667 bits per heavy atom. The molecular weight excluding hydrogens is 306 g/mol. The quantitative estimate of drug-likeness (QED) is 0.387. The molecule has 1 heteroatoms. The Morgan fingerprint density at radius 3 is 1.14 bits per heavy atom. The molecule has 0 aromatic rings. The van der Waals surface area contributed by atoms with E-state index in [2.05, 4.69) is 41.5 Å². The van der Waals surface area contributed by atoms with Gasteiger partial charge >= 0.3 is 19.5 Å². The van der Waals surface area contributed by atoms with E-state index in [0.29, 0.717) is 10.8 Å². The summed E-state index contributed by atoms with van der Waals surface area (Å²) < 4.78 is 0. The van der Waals surface area contributed by atoms with Gasteiger partial charge in [0.05, 0.1) is 0 Å². The van der Waals surface area contributed by atoms with Crippen molar-refractivity contribution in [2.45, 2.75) is 66.2 Å². The second-order valence-corrected chi connectivity index (χ2v) is 9.40. The Bertz CT molecular complexity index is 330. The maximum absolute atomic E-state index is 4.21. The number of fused-ring (bicyclic) bond motifs is 4. The molecule has 0 heterocycles. The molecule has 0 amide bonds. The van der Waals surface area contributed by atoms with Crippen molar-refractivity contribution in [3.8, 4) is 0 Å². The molecule has 6 aliphatic carbocycles. The monoisotopic (exact) mass is 338 g/mol. The van der Waals surface area contributed by atoms with Gasteiger partial charge in [0.1, 0.15) is 0 Å². The van der Waals surface area contributed by atoms with E-state index in [1.54, 1.807) is 0 Å². The summed E-state index contributed by atoms with van der Waals surface area (Å²) in [5, 5.41) is 0. The topological polar surface area (TPSA) is 0 Å². The van der Waals surface area contributed by atoms with Crippen LogP contribution in [-0.4, -0.2) is 0 Å². The summed E-state index contributed by atoms with van der Waals surface area (Å²) in [5.74, 6) is 5.50. The van der Waals surface area contributed by atoms with Gasteiger partial charge in [-0.25, -0.2) is 0 Å². The Labute approximate surface area is 146 Å². The van der Waals surface area contributed by atoms with E-state index in [1.165, 1.54) is 38.5 Å². The first-order valence-electron chi connectivity index (χ1n) is 8.90. The van der Waals surface area contributed by atoms with Crippen LogP contribution in [-0.2, 0) is 19.5 Å². The fourth-order valence-electron chi connectivity index (χ4n) is 5.93. The van der Waals surface area contributed by atoms with Crippen LogP contribution in [0.25, 0.3) is 0 Å². The van der Waals surface area contributed by atoms with Gasteiger partial charge in [-0.3, -0.25) is 0 Å². The van der Waals surface area contributed by atoms with Crippen molar-refractivity contribution in [3.63, 3.8) is 0 Å². The third kappa shape index (κ3) is 2.79. The Morgan fingerprint density at radius 2 is 1.00 bits per heavy atom. The van der Waals surface area contributed by atoms with Crippen LogP contribution in [0.15, 0.2) is 0 Å². The number of hydrogen-bond donors (Lipinski definition) is 0. The van der Waals surface area contributed by atoms with Crippen molar-refractivity contribution in [2.75, 3.05) is 0 Å². The van der Waals surface area contributed by atoms with E-state index >= 15 is 0 Å². The first-order chi connectivity index (χ1) is 9.24. The van der Waals surface area contributed by atoms with Crippen molar-refractivity contribution in [2.24, 2.45) is 46.3 Å². The molecule has 0 aromatic carbocycles. The molecule has 0 aromatic heterocycles. The van der Waals surface area contributed by atoms with E-state index in [0.717, 1.165) is 35.5 Å². The van der Waals surface area contributed by atoms with E-state index in [1.807, 2.05) is 0 Å². The minimum Gasteiger partial charge on any atom is -0.340 e. The molecule has 21 heavy (non-hydrogen) atoms. The van der Waals surface area contributed by atoms with Crippen molar-refractivity contribution >= 4 is 0 Å². The number of hydrogen-bond acceptors (Lipinski definition) is 0. The van der Waals surface area contributed by atoms with Crippen molar-refractivity contribution in [1.82, 2.24) is 0 Å². The molecule has 6 fully saturated rings. The molecule has 0 radical (unpaired) electrons. The molecule has 6 rings (SSSR count). The van der Waals surface area contributed by atoms with Gasteiger partial charge in [0.15, 0.2) is 0 Å². The van der Waals surface area contributed by atoms with E-state index in [9.17, 15) is 0 Å². The summed E-state index contributed by atoms with van der Waals surface area (Å²) in [6.07, 6.45) is 8.61. The average Bonchev–Trinajstić information content (AvgIpc) is 2.38. The molecule has 0 saturated heterocycles. The van der Waals surface area contributed by atoms with Crippen LogP contribution in [0.3, 0.4) is 0 Å². The Kier molecular flexibility index (Phi) is 5.07. The second kappa shape index (κ2) is 5.92. The average molecular weight is 340 g/mol. The van der Waals surface area contributed by atoms with E-state index in [4.69, 9.17) is 0 Å². The third-order valence-electron chi connectivity index (χ3n) is 8.00. The molecule has 4 bridgehead atoms. The molecule has 6 aliphatic rings. The van der Waals surface area contributed by atoms with Crippen molar-refractivity contribution in [1.29, 1.82) is 0 Å². The zero-order valence-electron chi connectivity index (χ0n) is 14.8. The van der Waals surface area contributed by atoms with Gasteiger partial charge in [0.25, 0.3) is 0 Å². The fraction of sp³-hybridized carbons (Fsp3) is 0.900. The smallest absolute Gasteiger partial charge is 0.340 e. The maximum Gasteiger partial charge on any atom is 2.00 e. The summed E-state index contributed by atoms with van der Waals surface area (Å²) in [4.78, 5) is 0. The minimum atomic E-state index is 0. The molecule has 116 valence electrons. The van der Waals surface area contributed by atoms with Crippen LogP contribution < -0.4 is 0 Å². The summed E-state index contributed by atoms with van der Waals surface area (Å²) in [6.45, 7) is 18.1. The molecule has 0 nitrogen and oxygen atoms in total. The zero-order valence-corrected chi connectivity index (χ0v) is 17.8. The van der Waals surface area contributed by atoms with Gasteiger partial charge in [-0.05, 0) is 35.5 Å². The molecule has 0 aliphatic heterocycles. The maximum atomic E-state index is 4.21. The van der Waals surface area contributed by atoms with Crippen LogP contribution >= 0.6 is 0 Å². The van der Waals surface area contributed by atoms with Crippen LogP contribution in [0.2, 0.25) is 0 Å². The van der Waals surface area contributed by atoms with Crippen LogP contribution in [0, 0.1) is 60.2 Å². The van der Waals surface area contributed by atoms with Gasteiger partial charge in [-0.2, -0.15) is 11.8 Å².